The lowest BCUT2D eigenvalue weighted by Crippen LogP contribution is -2.41. The average Bonchev–Trinajstić information content (AvgIpc) is 3.13. The van der Waals surface area contributed by atoms with Crippen LogP contribution in [0, 0.1) is 6.92 Å². The Morgan fingerprint density at radius 1 is 1.09 bits per heavy atom. The molecule has 0 bridgehead atoms. The zero-order valence-electron chi connectivity index (χ0n) is 20.1. The van der Waals surface area contributed by atoms with Gasteiger partial charge in [-0.15, -0.1) is 11.8 Å². The topological polar surface area (TPSA) is 76.1 Å². The molecule has 1 N–H and O–H groups in total. The number of thioether (sulfide) groups is 1. The molecule has 6 nitrogen and oxygen atoms in total. The number of carbonyl (C=O) groups is 2. The second-order valence-corrected chi connectivity index (χ2v) is 9.94. The summed E-state index contributed by atoms with van der Waals surface area (Å²) in [6, 6.07) is 22.0. The lowest BCUT2D eigenvalue weighted by atomic mass is 9.92. The van der Waals surface area contributed by atoms with Gasteiger partial charge in [-0.2, -0.15) is 0 Å². The molecule has 2 atom stereocenters. The summed E-state index contributed by atoms with van der Waals surface area (Å²) in [7, 11) is 1.56. The molecular weight excluding hydrogens is 462 g/mol. The Labute approximate surface area is 209 Å². The molecule has 0 saturated carbocycles. The highest BCUT2D eigenvalue weighted by Crippen LogP contribution is 2.54. The van der Waals surface area contributed by atoms with E-state index in [-0.39, 0.29) is 12.3 Å². The van der Waals surface area contributed by atoms with Gasteiger partial charge in [0, 0.05) is 11.4 Å². The van der Waals surface area contributed by atoms with E-state index in [1.807, 2.05) is 74.5 Å². The summed E-state index contributed by atoms with van der Waals surface area (Å²) in [5.74, 6) is -0.145. The number of hydrogen-bond acceptors (Lipinski definition) is 5. The number of carboxylic acids is 1. The first kappa shape index (κ1) is 24.7. The minimum absolute atomic E-state index is 0.117. The van der Waals surface area contributed by atoms with Crippen LogP contribution >= 0.6 is 11.8 Å². The van der Waals surface area contributed by atoms with Crippen LogP contribution in [0.15, 0.2) is 77.7 Å². The predicted molar refractivity (Wildman–Crippen MR) is 136 cm³/mol. The van der Waals surface area contributed by atoms with Crippen LogP contribution in [0.25, 0.3) is 0 Å². The molecule has 1 amide bonds. The number of amides is 1. The Bertz CT molecular complexity index is 1200. The molecule has 0 spiro atoms. The fourth-order valence-corrected chi connectivity index (χ4v) is 5.85. The Balaban J connectivity index is 1.85. The molecule has 35 heavy (non-hydrogen) atoms. The standard InChI is InChI=1S/C28H29NO5S/c1-4-34-24-16-21(12-15-23(24)33-3)26-28(27(31)32,35-22-13-10-19(2)11-14-22)17-25(30)29(26)18-20-8-6-5-7-9-20/h5-16,26H,4,17-18H2,1-3H3,(H,31,32)/t26-,28-/m1/s1. The van der Waals surface area contributed by atoms with Crippen molar-refractivity contribution in [1.82, 2.24) is 4.90 Å². The highest BCUT2D eigenvalue weighted by molar-refractivity contribution is 8.01. The van der Waals surface area contributed by atoms with Crippen LogP contribution in [-0.4, -0.2) is 40.3 Å². The third-order valence-electron chi connectivity index (χ3n) is 6.17. The molecule has 1 heterocycles. The first-order valence-electron chi connectivity index (χ1n) is 11.5. The zero-order chi connectivity index (χ0) is 25.0. The number of aryl methyl sites for hydroxylation is 1. The van der Waals surface area contributed by atoms with Gasteiger partial charge in [0.05, 0.1) is 26.2 Å². The van der Waals surface area contributed by atoms with E-state index in [1.165, 1.54) is 11.8 Å². The number of hydrogen-bond donors (Lipinski definition) is 1. The molecule has 1 aliphatic heterocycles. The van der Waals surface area contributed by atoms with Crippen molar-refractivity contribution in [2.24, 2.45) is 0 Å². The zero-order valence-corrected chi connectivity index (χ0v) is 20.9. The summed E-state index contributed by atoms with van der Waals surface area (Å²) in [5.41, 5.74) is 2.71. The van der Waals surface area contributed by atoms with Crippen molar-refractivity contribution in [3.63, 3.8) is 0 Å². The van der Waals surface area contributed by atoms with Crippen molar-refractivity contribution in [2.75, 3.05) is 13.7 Å². The van der Waals surface area contributed by atoms with E-state index < -0.39 is 16.8 Å². The molecule has 3 aromatic rings. The molecule has 0 aromatic heterocycles. The highest BCUT2D eigenvalue weighted by Gasteiger charge is 2.58. The van der Waals surface area contributed by atoms with Crippen LogP contribution in [-0.2, 0) is 16.1 Å². The Hall–Kier alpha value is -3.45. The fraction of sp³-hybridized carbons (Fsp3) is 0.286. The maximum atomic E-state index is 13.5. The normalized spacial score (nSPS) is 19.6. The number of likely N-dealkylation sites (tertiary alicyclic amines) is 1. The van der Waals surface area contributed by atoms with E-state index in [1.54, 1.807) is 24.1 Å². The number of ether oxygens (including phenoxy) is 2. The van der Waals surface area contributed by atoms with Crippen LogP contribution in [0.4, 0.5) is 0 Å². The second kappa shape index (κ2) is 10.4. The molecule has 0 radical (unpaired) electrons. The summed E-state index contributed by atoms with van der Waals surface area (Å²) in [4.78, 5) is 28.9. The molecule has 7 heteroatoms. The molecule has 1 aliphatic rings. The van der Waals surface area contributed by atoms with Crippen molar-refractivity contribution >= 4 is 23.6 Å². The fourth-order valence-electron chi connectivity index (χ4n) is 4.50. The lowest BCUT2D eigenvalue weighted by Gasteiger charge is -2.35. The monoisotopic (exact) mass is 491 g/mol. The van der Waals surface area contributed by atoms with Crippen molar-refractivity contribution in [1.29, 1.82) is 0 Å². The van der Waals surface area contributed by atoms with Gasteiger partial charge in [-0.1, -0.05) is 54.1 Å². The third-order valence-corrected chi connectivity index (χ3v) is 7.58. The molecule has 0 unspecified atom stereocenters. The summed E-state index contributed by atoms with van der Waals surface area (Å²) in [5, 5.41) is 10.6. The van der Waals surface area contributed by atoms with Crippen molar-refractivity contribution in [3.05, 3.63) is 89.5 Å². The summed E-state index contributed by atoms with van der Waals surface area (Å²) in [6.45, 7) is 4.60. The van der Waals surface area contributed by atoms with Crippen molar-refractivity contribution < 1.29 is 24.2 Å². The van der Waals surface area contributed by atoms with Gasteiger partial charge in [-0.05, 0) is 49.2 Å². The van der Waals surface area contributed by atoms with Crippen LogP contribution in [0.1, 0.15) is 36.1 Å². The van der Waals surface area contributed by atoms with Gasteiger partial charge in [-0.25, -0.2) is 0 Å². The highest BCUT2D eigenvalue weighted by atomic mass is 32.2. The largest absolute Gasteiger partial charge is 0.493 e. The van der Waals surface area contributed by atoms with Crippen molar-refractivity contribution in [2.45, 2.75) is 42.5 Å². The first-order chi connectivity index (χ1) is 16.9. The molecule has 182 valence electrons. The van der Waals surface area contributed by atoms with Crippen LogP contribution in [0.5, 0.6) is 11.5 Å². The molecule has 1 saturated heterocycles. The van der Waals surface area contributed by atoms with E-state index >= 15 is 0 Å². The van der Waals surface area contributed by atoms with Crippen molar-refractivity contribution in [3.8, 4) is 11.5 Å². The van der Waals surface area contributed by atoms with E-state index in [4.69, 9.17) is 9.47 Å². The molecular formula is C28H29NO5S. The molecule has 4 rings (SSSR count). The molecule has 3 aromatic carbocycles. The van der Waals surface area contributed by atoms with E-state index in [9.17, 15) is 14.7 Å². The number of methoxy groups -OCH3 is 1. The maximum absolute atomic E-state index is 13.5. The SMILES string of the molecule is CCOc1cc([C@H]2N(Cc3ccccc3)C(=O)C[C@]2(Sc2ccc(C)cc2)C(=O)O)ccc1OC. The number of carboxylic acid groups (broad SMARTS) is 1. The lowest BCUT2D eigenvalue weighted by molar-refractivity contribution is -0.140. The molecule has 1 fully saturated rings. The number of benzene rings is 3. The molecule has 0 aliphatic carbocycles. The van der Waals surface area contributed by atoms with Gasteiger partial charge in [-0.3, -0.25) is 9.59 Å². The third kappa shape index (κ3) is 5.00. The van der Waals surface area contributed by atoms with Gasteiger partial charge < -0.3 is 19.5 Å². The van der Waals surface area contributed by atoms with E-state index in [0.29, 0.717) is 30.2 Å². The van der Waals surface area contributed by atoms with Gasteiger partial charge in [0.1, 0.15) is 0 Å². The van der Waals surface area contributed by atoms with E-state index in [2.05, 4.69) is 0 Å². The van der Waals surface area contributed by atoms with Crippen LogP contribution in [0.2, 0.25) is 0 Å². The Morgan fingerprint density at radius 2 is 1.80 bits per heavy atom. The Kier molecular flexibility index (Phi) is 7.36. The second-order valence-electron chi connectivity index (χ2n) is 8.54. The van der Waals surface area contributed by atoms with E-state index in [0.717, 1.165) is 16.0 Å². The van der Waals surface area contributed by atoms with Gasteiger partial charge >= 0.3 is 5.97 Å². The summed E-state index contributed by atoms with van der Waals surface area (Å²) >= 11 is 1.23. The van der Waals surface area contributed by atoms with Gasteiger partial charge in [0.15, 0.2) is 16.2 Å². The van der Waals surface area contributed by atoms with Crippen LogP contribution < -0.4 is 9.47 Å². The minimum Gasteiger partial charge on any atom is -0.493 e. The predicted octanol–water partition coefficient (Wildman–Crippen LogP) is 5.49. The smallest absolute Gasteiger partial charge is 0.323 e. The summed E-state index contributed by atoms with van der Waals surface area (Å²) in [6.07, 6.45) is -0.117. The quantitative estimate of drug-likeness (QED) is 0.427. The Morgan fingerprint density at radius 3 is 2.43 bits per heavy atom. The van der Waals surface area contributed by atoms with Gasteiger partial charge in [0.2, 0.25) is 5.91 Å². The maximum Gasteiger partial charge on any atom is 0.323 e. The minimum atomic E-state index is -1.42. The number of aliphatic carboxylic acids is 1. The number of rotatable bonds is 9. The van der Waals surface area contributed by atoms with Gasteiger partial charge in [0.25, 0.3) is 0 Å². The first-order valence-corrected chi connectivity index (χ1v) is 12.3. The number of nitrogens with zero attached hydrogens (tertiary/aromatic N) is 1. The summed E-state index contributed by atoms with van der Waals surface area (Å²) < 4.78 is 9.81. The average molecular weight is 492 g/mol. The van der Waals surface area contributed by atoms with Crippen LogP contribution in [0.3, 0.4) is 0 Å². The number of carbonyl (C=O) groups excluding carboxylic acids is 1.